The van der Waals surface area contributed by atoms with Crippen molar-refractivity contribution in [2.45, 2.75) is 346 Å². The predicted molar refractivity (Wildman–Crippen MR) is 453 cm³/mol. The average Bonchev–Trinajstić information content (AvgIpc) is 0.870. The third-order valence-electron chi connectivity index (χ3n) is 19.1. The average molecular weight is 1550 g/mol. The molecule has 110 heavy (non-hydrogen) atoms. The molecule has 0 aliphatic carbocycles. The zero-order valence-electron chi connectivity index (χ0n) is 75.1. The van der Waals surface area contributed by atoms with Crippen LogP contribution in [0.4, 0.5) is 4.79 Å². The molecule has 0 fully saturated rings. The lowest BCUT2D eigenvalue weighted by Crippen LogP contribution is -2.46. The van der Waals surface area contributed by atoms with Crippen LogP contribution in [0.15, 0.2) is 30.3 Å². The van der Waals surface area contributed by atoms with Crippen LogP contribution in [0, 0.1) is 94.7 Å². The molecule has 10 atom stereocenters. The minimum Gasteiger partial charge on any atom is -0.356 e. The van der Waals surface area contributed by atoms with Gasteiger partial charge in [0.15, 0.2) is 28.9 Å². The topological polar surface area (TPSA) is 341 Å². The van der Waals surface area contributed by atoms with E-state index in [1.165, 1.54) is 6.92 Å². The van der Waals surface area contributed by atoms with Crippen LogP contribution in [0.25, 0.3) is 0 Å². The maximum atomic E-state index is 13.0. The highest BCUT2D eigenvalue weighted by Crippen LogP contribution is 2.26. The molecular weight excluding hydrogens is 1390 g/mol. The van der Waals surface area contributed by atoms with Crippen LogP contribution in [0.3, 0.4) is 0 Å². The zero-order valence-corrected chi connectivity index (χ0v) is 75.1. The molecule has 0 radical (unpaired) electrons. The Kier molecular flexibility index (Phi) is 60.9. The minimum atomic E-state index is -0.581. The molecule has 0 heterocycles. The molecule has 21 nitrogen and oxygen atoms in total. The second kappa shape index (κ2) is 60.7. The lowest BCUT2D eigenvalue weighted by molar-refractivity contribution is -0.132. The second-order valence-corrected chi connectivity index (χ2v) is 35.3. The number of Topliss-reactive ketones (excluding diaryl/α,β-unsaturated/α-hetero) is 8. The Bertz CT molecular complexity index is 2660. The van der Waals surface area contributed by atoms with Crippen LogP contribution in [-0.2, 0) is 59.2 Å². The van der Waals surface area contributed by atoms with E-state index < -0.39 is 12.1 Å². The fraction of sp³-hybridized carbons (Fsp3) is 0.798. The first-order valence-corrected chi connectivity index (χ1v) is 42.0. The van der Waals surface area contributed by atoms with Crippen molar-refractivity contribution in [2.75, 3.05) is 19.6 Å². The third-order valence-corrected chi connectivity index (χ3v) is 19.1. The maximum absolute atomic E-state index is 13.0. The van der Waals surface area contributed by atoms with Gasteiger partial charge in [0.25, 0.3) is 0 Å². The lowest BCUT2D eigenvalue weighted by atomic mass is 9.84. The molecule has 5 amide bonds. The summed E-state index contributed by atoms with van der Waals surface area (Å²) in [7, 11) is 0. The minimum absolute atomic E-state index is 0.00311. The number of hydrogen-bond acceptors (Lipinski definition) is 16. The van der Waals surface area contributed by atoms with E-state index >= 15 is 0 Å². The van der Waals surface area contributed by atoms with E-state index in [1.807, 2.05) is 190 Å². The van der Waals surface area contributed by atoms with Crippen molar-refractivity contribution in [3.05, 3.63) is 35.9 Å². The van der Waals surface area contributed by atoms with Crippen molar-refractivity contribution < 1.29 is 57.5 Å². The number of urea groups is 1. The fourth-order valence-corrected chi connectivity index (χ4v) is 12.9. The molecule has 1 rings (SSSR count). The first kappa shape index (κ1) is 110. The van der Waals surface area contributed by atoms with Gasteiger partial charge in [-0.2, -0.15) is 0 Å². The van der Waals surface area contributed by atoms with Gasteiger partial charge in [0.2, 0.25) is 17.7 Å². The molecule has 0 aliphatic heterocycles. The Morgan fingerprint density at radius 1 is 0.382 bits per heavy atom. The summed E-state index contributed by atoms with van der Waals surface area (Å²) in [5, 5.41) is 21.0. The molecule has 10 unspecified atom stereocenters. The van der Waals surface area contributed by atoms with E-state index in [4.69, 9.17) is 11.5 Å². The highest BCUT2D eigenvalue weighted by atomic mass is 16.2. The number of rotatable bonds is 51. The van der Waals surface area contributed by atoms with E-state index in [-0.39, 0.29) is 190 Å². The van der Waals surface area contributed by atoms with Gasteiger partial charge < -0.3 is 48.7 Å². The number of unbranched alkanes of at least 4 members (excludes halogenated alkanes) is 1. The monoisotopic (exact) mass is 1550 g/mol. The number of hydrogen-bond donors (Lipinski definition) is 9. The Balaban J connectivity index is -0.000000643. The van der Waals surface area contributed by atoms with Crippen molar-refractivity contribution in [1.29, 1.82) is 0 Å². The number of benzene rings is 1. The van der Waals surface area contributed by atoms with Crippen LogP contribution >= 0.6 is 0 Å². The zero-order chi connectivity index (χ0) is 86.2. The van der Waals surface area contributed by atoms with Crippen molar-refractivity contribution in [1.82, 2.24) is 37.2 Å². The molecule has 21 heteroatoms. The number of amides is 5. The van der Waals surface area contributed by atoms with E-state index in [2.05, 4.69) is 78.8 Å². The molecular formula is C89H165N9O12. The van der Waals surface area contributed by atoms with Crippen LogP contribution in [0.2, 0.25) is 0 Å². The number of carbonyl (C=O) groups excluding carboxylic acids is 12. The Labute approximate surface area is 669 Å². The molecule has 11 N–H and O–H groups in total. The van der Waals surface area contributed by atoms with E-state index in [9.17, 15) is 57.5 Å². The Hall–Kier alpha value is -5.90. The van der Waals surface area contributed by atoms with E-state index in [0.717, 1.165) is 37.7 Å². The van der Waals surface area contributed by atoms with Gasteiger partial charge in [-0.3, -0.25) is 52.7 Å². The third kappa shape index (κ3) is 52.4. The molecule has 1 aromatic rings. The van der Waals surface area contributed by atoms with Crippen LogP contribution in [0.1, 0.15) is 297 Å². The maximum Gasteiger partial charge on any atom is 0.312 e. The van der Waals surface area contributed by atoms with Gasteiger partial charge in [0, 0.05) is 117 Å². The normalized spacial score (nSPS) is 14.3. The van der Waals surface area contributed by atoms with Gasteiger partial charge in [0.05, 0.1) is 30.2 Å². The van der Waals surface area contributed by atoms with Gasteiger partial charge in [-0.1, -0.05) is 238 Å². The summed E-state index contributed by atoms with van der Waals surface area (Å²) < 4.78 is 0. The summed E-state index contributed by atoms with van der Waals surface area (Å²) in [5.41, 5.74) is 11.7. The molecule has 0 aromatic heterocycles. The molecule has 0 aliphatic rings. The molecule has 0 saturated carbocycles. The van der Waals surface area contributed by atoms with Crippen LogP contribution in [0.5, 0.6) is 0 Å². The predicted octanol–water partition coefficient (Wildman–Crippen LogP) is 14.6. The van der Waals surface area contributed by atoms with E-state index in [1.54, 1.807) is 6.92 Å². The van der Waals surface area contributed by atoms with Crippen molar-refractivity contribution in [3.8, 4) is 0 Å². The first-order valence-electron chi connectivity index (χ1n) is 42.0. The lowest BCUT2D eigenvalue weighted by Gasteiger charge is -2.26. The van der Waals surface area contributed by atoms with Crippen LogP contribution in [-0.4, -0.2) is 138 Å². The quantitative estimate of drug-likeness (QED) is 0.0274. The van der Waals surface area contributed by atoms with Crippen molar-refractivity contribution >= 4 is 70.0 Å². The summed E-state index contributed by atoms with van der Waals surface area (Å²) in [5.74, 6) is 1.72. The molecule has 0 saturated heterocycles. The molecule has 638 valence electrons. The van der Waals surface area contributed by atoms with Crippen molar-refractivity contribution in [2.24, 2.45) is 106 Å². The van der Waals surface area contributed by atoms with Gasteiger partial charge in [-0.15, -0.1) is 0 Å². The highest BCUT2D eigenvalue weighted by molar-refractivity contribution is 5.94. The second-order valence-electron chi connectivity index (χ2n) is 35.3. The molecule has 0 bridgehead atoms. The Morgan fingerprint density at radius 3 is 1.13 bits per heavy atom. The standard InChI is InChI=1S/C22H36N2O2.C19H36N2O3.C18H35N3O3.2C15H29NO2/c1-16(2)22(26)19(12-8-9-13-23)15-21(25)20(24-17(3)4)14-18-10-6-5-7-11-18;1-12(2)18(21-14(5)6)17(23)11-16(19(24)13(3)4)9-8-10-20-15(7)22;1-11(2)10-14(12(3)4)17(23)21-15(16(22)13(5)6)8-7-9-20-18(19)24;1-9(2)14(16-11(5)6)13(17)8-12(7)15(18)10(3)4;1-9(2)8-13(10(3)4)15(18)16-12(7)14(17)11(5)6/h5-7,10-11,16-17,19-20,24H,8-9,12-15,23H2,1-4H3;12-14,16,18,21H,8-11H2,1-7H3,(H,20,22);11-15H,7-10H2,1-6H3,(H,21,23)(H3,19,20,24);9-12,14,16H,8H2,1-7H3;9-13H,8H2,1-7H3,(H,16,18). The highest BCUT2D eigenvalue weighted by Gasteiger charge is 2.34. The number of nitrogens with two attached hydrogens (primary N) is 2. The number of primary amides is 1. The summed E-state index contributed by atoms with van der Waals surface area (Å²) in [6, 6.07) is 8.65. The summed E-state index contributed by atoms with van der Waals surface area (Å²) in [6.07, 6.45) is 8.23. The summed E-state index contributed by atoms with van der Waals surface area (Å²) in [6.45, 7) is 62.3. The van der Waals surface area contributed by atoms with Gasteiger partial charge in [-0.05, 0) is 112 Å². The van der Waals surface area contributed by atoms with Gasteiger partial charge in [-0.25, -0.2) is 4.79 Å². The largest absolute Gasteiger partial charge is 0.356 e. The van der Waals surface area contributed by atoms with Gasteiger partial charge in [0.1, 0.15) is 17.3 Å². The SMILES string of the molecule is CC(=O)NCCCC(CC(=O)C(NC(C)C)C(C)C)C(=O)C(C)C.CC(C)CC(C(=O)NC(C)C(=O)C(C)C)C(C)C.CC(C)CC(C(=O)NC(CCCNC(N)=O)C(=O)C(C)C)C(C)C.CC(C)NC(C(=O)CC(C)C(=O)C(C)C)C(C)C.CC(C)NC(Cc1ccccc1)C(=O)CC(CCCCN)C(=O)C(C)C. The fourth-order valence-electron chi connectivity index (χ4n) is 12.9. The Morgan fingerprint density at radius 2 is 0.764 bits per heavy atom. The number of nitrogens with one attached hydrogen (secondary N) is 7. The van der Waals surface area contributed by atoms with Crippen LogP contribution < -0.4 is 48.7 Å². The molecule has 0 spiro atoms. The van der Waals surface area contributed by atoms with Crippen molar-refractivity contribution in [3.63, 3.8) is 0 Å². The molecule has 1 aromatic carbocycles. The first-order chi connectivity index (χ1) is 50.8. The smallest absolute Gasteiger partial charge is 0.312 e. The summed E-state index contributed by atoms with van der Waals surface area (Å²) >= 11 is 0. The summed E-state index contributed by atoms with van der Waals surface area (Å²) in [4.78, 5) is 145. The number of carbonyl (C=O) groups is 12. The van der Waals surface area contributed by atoms with Gasteiger partial charge >= 0.3 is 6.03 Å². The van der Waals surface area contributed by atoms with E-state index in [0.29, 0.717) is 82.3 Å². The number of ketones is 8.